The standard InChI is InChI=1S/C30H23F3/c1-2-3-4-21-5-7-22(8-6-21)9-10-24-18-29(32)28(30(33)19-24)16-12-23-11-13-26-20-27(31)15-14-25(26)17-23/h2,5-8,11,13-15,17-20H,1,3-4,9-10H2. The van der Waals surface area contributed by atoms with Crippen LogP contribution >= 0.6 is 0 Å². The number of fused-ring (bicyclic) bond motifs is 1. The van der Waals surface area contributed by atoms with Gasteiger partial charge in [-0.1, -0.05) is 54.3 Å². The molecule has 0 amide bonds. The molecular weight excluding hydrogens is 417 g/mol. The summed E-state index contributed by atoms with van der Waals surface area (Å²) in [5, 5.41) is 1.56. The van der Waals surface area contributed by atoms with Crippen LogP contribution in [0.1, 0.15) is 34.2 Å². The van der Waals surface area contributed by atoms with Crippen molar-refractivity contribution >= 4 is 10.8 Å². The summed E-state index contributed by atoms with van der Waals surface area (Å²) in [6, 6.07) is 20.7. The molecule has 0 aromatic heterocycles. The topological polar surface area (TPSA) is 0 Å². The molecule has 164 valence electrons. The van der Waals surface area contributed by atoms with E-state index < -0.39 is 11.6 Å². The van der Waals surface area contributed by atoms with Gasteiger partial charge >= 0.3 is 0 Å². The fraction of sp³-hybridized carbons (Fsp3) is 0.133. The molecule has 0 saturated carbocycles. The van der Waals surface area contributed by atoms with E-state index in [1.54, 1.807) is 24.3 Å². The van der Waals surface area contributed by atoms with Crippen molar-refractivity contribution < 1.29 is 13.2 Å². The summed E-state index contributed by atoms with van der Waals surface area (Å²) in [7, 11) is 0. The lowest BCUT2D eigenvalue weighted by Gasteiger charge is -2.06. The van der Waals surface area contributed by atoms with Gasteiger partial charge in [0, 0.05) is 5.56 Å². The third-order valence-electron chi connectivity index (χ3n) is 5.60. The van der Waals surface area contributed by atoms with E-state index in [0.29, 0.717) is 24.0 Å². The van der Waals surface area contributed by atoms with E-state index in [0.717, 1.165) is 29.2 Å². The normalized spacial score (nSPS) is 10.6. The van der Waals surface area contributed by atoms with Crippen LogP contribution in [0.15, 0.2) is 85.5 Å². The fourth-order valence-corrected chi connectivity index (χ4v) is 3.75. The highest BCUT2D eigenvalue weighted by Crippen LogP contribution is 2.19. The Morgan fingerprint density at radius 3 is 1.94 bits per heavy atom. The Hall–Kier alpha value is -3.77. The van der Waals surface area contributed by atoms with Crippen LogP contribution in [0.2, 0.25) is 0 Å². The Morgan fingerprint density at radius 2 is 1.24 bits per heavy atom. The monoisotopic (exact) mass is 440 g/mol. The second-order valence-electron chi connectivity index (χ2n) is 8.03. The van der Waals surface area contributed by atoms with Gasteiger partial charge in [-0.05, 0) is 89.5 Å². The van der Waals surface area contributed by atoms with E-state index in [1.165, 1.54) is 29.8 Å². The van der Waals surface area contributed by atoms with E-state index in [1.807, 2.05) is 6.08 Å². The van der Waals surface area contributed by atoms with Gasteiger partial charge in [0.15, 0.2) is 0 Å². The van der Waals surface area contributed by atoms with Gasteiger partial charge in [0.2, 0.25) is 0 Å². The van der Waals surface area contributed by atoms with Crippen molar-refractivity contribution in [1.82, 2.24) is 0 Å². The summed E-state index contributed by atoms with van der Waals surface area (Å²) in [5.41, 5.74) is 3.33. The van der Waals surface area contributed by atoms with Crippen molar-refractivity contribution in [3.63, 3.8) is 0 Å². The molecule has 0 unspecified atom stereocenters. The quantitative estimate of drug-likeness (QED) is 0.214. The molecule has 0 aliphatic rings. The Bertz CT molecular complexity index is 1330. The zero-order valence-electron chi connectivity index (χ0n) is 18.2. The van der Waals surface area contributed by atoms with Gasteiger partial charge in [0.1, 0.15) is 17.5 Å². The smallest absolute Gasteiger partial charge is 0.142 e. The van der Waals surface area contributed by atoms with E-state index in [4.69, 9.17) is 0 Å². The zero-order valence-corrected chi connectivity index (χ0v) is 18.2. The average molecular weight is 441 g/mol. The summed E-state index contributed by atoms with van der Waals surface area (Å²) in [6.07, 6.45) is 5.03. The molecule has 0 saturated heterocycles. The molecule has 4 rings (SSSR count). The number of allylic oxidation sites excluding steroid dienone is 1. The van der Waals surface area contributed by atoms with Gasteiger partial charge in [-0.15, -0.1) is 6.58 Å². The minimum atomic E-state index is -0.667. The van der Waals surface area contributed by atoms with Crippen LogP contribution in [0.3, 0.4) is 0 Å². The number of hydrogen-bond donors (Lipinski definition) is 0. The van der Waals surface area contributed by atoms with Crippen molar-refractivity contribution in [1.29, 1.82) is 0 Å². The second kappa shape index (κ2) is 10.2. The molecule has 0 atom stereocenters. The Labute approximate surface area is 192 Å². The molecule has 4 aromatic carbocycles. The van der Waals surface area contributed by atoms with Crippen LogP contribution in [0, 0.1) is 29.3 Å². The highest BCUT2D eigenvalue weighted by Gasteiger charge is 2.10. The Morgan fingerprint density at radius 1 is 0.636 bits per heavy atom. The van der Waals surface area contributed by atoms with E-state index in [-0.39, 0.29) is 11.4 Å². The summed E-state index contributed by atoms with van der Waals surface area (Å²) in [5.74, 6) is 3.79. The van der Waals surface area contributed by atoms with Gasteiger partial charge in [-0.3, -0.25) is 0 Å². The molecule has 0 aliphatic heterocycles. The number of hydrogen-bond acceptors (Lipinski definition) is 0. The first-order chi connectivity index (χ1) is 16.0. The van der Waals surface area contributed by atoms with Crippen molar-refractivity contribution in [3.8, 4) is 11.8 Å². The maximum Gasteiger partial charge on any atom is 0.142 e. The molecule has 0 spiro atoms. The second-order valence-corrected chi connectivity index (χ2v) is 8.03. The Kier molecular flexibility index (Phi) is 6.95. The third kappa shape index (κ3) is 5.73. The summed E-state index contributed by atoms with van der Waals surface area (Å²) >= 11 is 0. The largest absolute Gasteiger partial charge is 0.207 e. The first-order valence-electron chi connectivity index (χ1n) is 10.9. The number of rotatable bonds is 6. The third-order valence-corrected chi connectivity index (χ3v) is 5.60. The van der Waals surface area contributed by atoms with E-state index >= 15 is 0 Å². The first-order valence-corrected chi connectivity index (χ1v) is 10.9. The van der Waals surface area contributed by atoms with Crippen LogP contribution in [0.5, 0.6) is 0 Å². The number of aryl methyl sites for hydroxylation is 3. The SMILES string of the molecule is C=CCCc1ccc(CCc2cc(F)c(C#Cc3ccc4cc(F)ccc4c3)c(F)c2)cc1. The van der Waals surface area contributed by atoms with Crippen LogP contribution in [-0.4, -0.2) is 0 Å². The molecule has 0 radical (unpaired) electrons. The fourth-order valence-electron chi connectivity index (χ4n) is 3.75. The van der Waals surface area contributed by atoms with Gasteiger partial charge in [0.05, 0.1) is 5.56 Å². The molecule has 0 fully saturated rings. The van der Waals surface area contributed by atoms with E-state index in [2.05, 4.69) is 42.7 Å². The summed E-state index contributed by atoms with van der Waals surface area (Å²) in [6.45, 7) is 3.74. The zero-order chi connectivity index (χ0) is 23.2. The maximum atomic E-state index is 14.6. The van der Waals surface area contributed by atoms with Crippen molar-refractivity contribution in [2.45, 2.75) is 25.7 Å². The molecule has 0 bridgehead atoms. The lowest BCUT2D eigenvalue weighted by atomic mass is 10.0. The molecule has 0 nitrogen and oxygen atoms in total. The van der Waals surface area contributed by atoms with Crippen molar-refractivity contribution in [2.24, 2.45) is 0 Å². The Balaban J connectivity index is 1.46. The number of benzene rings is 4. The molecule has 0 N–H and O–H groups in total. The molecule has 33 heavy (non-hydrogen) atoms. The lowest BCUT2D eigenvalue weighted by molar-refractivity contribution is 0.573. The molecule has 3 heteroatoms. The predicted molar refractivity (Wildman–Crippen MR) is 129 cm³/mol. The minimum Gasteiger partial charge on any atom is -0.207 e. The van der Waals surface area contributed by atoms with E-state index in [9.17, 15) is 13.2 Å². The average Bonchev–Trinajstić information content (AvgIpc) is 2.81. The van der Waals surface area contributed by atoms with Gasteiger partial charge < -0.3 is 0 Å². The van der Waals surface area contributed by atoms with Gasteiger partial charge in [-0.25, -0.2) is 13.2 Å². The van der Waals surface area contributed by atoms with Crippen LogP contribution in [-0.2, 0) is 19.3 Å². The van der Waals surface area contributed by atoms with Crippen LogP contribution < -0.4 is 0 Å². The first kappa shape index (κ1) is 22.4. The molecule has 0 heterocycles. The van der Waals surface area contributed by atoms with Gasteiger partial charge in [-0.2, -0.15) is 0 Å². The number of halogens is 3. The van der Waals surface area contributed by atoms with Crippen molar-refractivity contribution in [2.75, 3.05) is 0 Å². The molecular formula is C30H23F3. The lowest BCUT2D eigenvalue weighted by Crippen LogP contribution is -1.98. The highest BCUT2D eigenvalue weighted by atomic mass is 19.1. The maximum absolute atomic E-state index is 14.6. The molecule has 0 aliphatic carbocycles. The van der Waals surface area contributed by atoms with Crippen LogP contribution in [0.4, 0.5) is 13.2 Å². The predicted octanol–water partition coefficient (Wildman–Crippen LogP) is 7.56. The van der Waals surface area contributed by atoms with Crippen molar-refractivity contribution in [3.05, 3.63) is 131 Å². The summed E-state index contributed by atoms with van der Waals surface area (Å²) in [4.78, 5) is 0. The minimum absolute atomic E-state index is 0.246. The van der Waals surface area contributed by atoms with Gasteiger partial charge in [0.25, 0.3) is 0 Å². The van der Waals surface area contributed by atoms with Crippen LogP contribution in [0.25, 0.3) is 10.8 Å². The highest BCUT2D eigenvalue weighted by molar-refractivity contribution is 5.84. The summed E-state index contributed by atoms with van der Waals surface area (Å²) < 4.78 is 42.6. The molecule has 4 aromatic rings.